The van der Waals surface area contributed by atoms with Crippen LogP contribution in [0.3, 0.4) is 0 Å². The molecule has 0 spiro atoms. The maximum absolute atomic E-state index is 6.43. The molecule has 0 amide bonds. The van der Waals surface area contributed by atoms with Gasteiger partial charge >= 0.3 is 26.4 Å². The fourth-order valence-electron chi connectivity index (χ4n) is 4.16. The van der Waals surface area contributed by atoms with Crippen LogP contribution in [-0.2, 0) is 44.6 Å². The summed E-state index contributed by atoms with van der Waals surface area (Å²) in [5.41, 5.74) is 0. The average molecular weight is 546 g/mol. The number of hydrogen-bond donors (Lipinski definition) is 0. The summed E-state index contributed by atoms with van der Waals surface area (Å²) in [5.74, 6) is 0. The van der Waals surface area contributed by atoms with Gasteiger partial charge < -0.3 is 49.5 Å². The molecule has 1 saturated heterocycles. The molecule has 0 saturated carbocycles. The summed E-state index contributed by atoms with van der Waals surface area (Å²) in [7, 11) is 5.20. The molecule has 11 nitrogen and oxygen atoms in total. The van der Waals surface area contributed by atoms with Gasteiger partial charge in [0.15, 0.2) is 0 Å². The summed E-state index contributed by atoms with van der Waals surface area (Å²) in [6, 6.07) is 2.18. The molecule has 1 heterocycles. The Morgan fingerprint density at radius 3 is 1.65 bits per heavy atom. The minimum atomic E-state index is -2.71. The highest BCUT2D eigenvalue weighted by molar-refractivity contribution is 6.61. The average Bonchev–Trinajstić information content (AvgIpc) is 2.86. The van der Waals surface area contributed by atoms with E-state index in [9.17, 15) is 0 Å². The Bertz CT molecular complexity index is 482. The summed E-state index contributed by atoms with van der Waals surface area (Å²) >= 11 is 0. The summed E-state index contributed by atoms with van der Waals surface area (Å²) in [6.45, 7) is 3.50. The predicted molar refractivity (Wildman–Crippen MR) is 134 cm³/mol. The molecule has 1 unspecified atom stereocenters. The van der Waals surface area contributed by atoms with E-state index in [1.807, 2.05) is 0 Å². The maximum atomic E-state index is 6.43. The van der Waals surface area contributed by atoms with Gasteiger partial charge in [-0.15, -0.1) is 0 Å². The molecular formula is C20H47NO10Si3. The van der Waals surface area contributed by atoms with Gasteiger partial charge in [-0.25, -0.2) is 0 Å². The minimum absolute atomic E-state index is 0.157. The Morgan fingerprint density at radius 1 is 0.765 bits per heavy atom. The fraction of sp³-hybridized carbons (Fsp3) is 1.00. The lowest BCUT2D eigenvalue weighted by Gasteiger charge is -2.36. The molecule has 1 aliphatic rings. The monoisotopic (exact) mass is 545 g/mol. The minimum Gasteiger partial charge on any atom is -0.379 e. The summed E-state index contributed by atoms with van der Waals surface area (Å²) in [4.78, 5) is 2.36. The Hall–Kier alpha value is 0.211. The summed E-state index contributed by atoms with van der Waals surface area (Å²) in [6.07, 6.45) is 2.41. The van der Waals surface area contributed by atoms with Crippen LogP contribution in [0, 0.1) is 0 Å². The lowest BCUT2D eigenvalue weighted by atomic mass is 10.3. The van der Waals surface area contributed by atoms with Gasteiger partial charge in [0.25, 0.3) is 0 Å². The standard InChI is InChI=1S/C20H47NO10Si3/c1-22-32(23-2,24-3)15-9-12-21(13-10-16-33(25-4,26-5)27-6)18-20-19-30-14-11-17-34(28-7,29-8)31-20/h20H,9-19H2,1-8H3. The van der Waals surface area contributed by atoms with E-state index in [-0.39, 0.29) is 6.10 Å². The van der Waals surface area contributed by atoms with E-state index in [1.54, 1.807) is 56.9 Å². The smallest absolute Gasteiger partial charge is 0.379 e. The van der Waals surface area contributed by atoms with Crippen molar-refractivity contribution in [3.63, 3.8) is 0 Å². The molecule has 204 valence electrons. The van der Waals surface area contributed by atoms with Crippen LogP contribution in [0.1, 0.15) is 19.3 Å². The second kappa shape index (κ2) is 16.9. The zero-order valence-electron chi connectivity index (χ0n) is 22.4. The third-order valence-corrected chi connectivity index (χ3v) is 14.9. The van der Waals surface area contributed by atoms with Crippen molar-refractivity contribution in [2.24, 2.45) is 0 Å². The van der Waals surface area contributed by atoms with Crippen molar-refractivity contribution in [1.82, 2.24) is 4.90 Å². The molecule has 0 bridgehead atoms. The van der Waals surface area contributed by atoms with Crippen LogP contribution in [-0.4, -0.2) is 127 Å². The Labute approximate surface area is 209 Å². The quantitative estimate of drug-likeness (QED) is 0.236. The second-order valence-corrected chi connectivity index (χ2v) is 17.2. The third-order valence-electron chi connectivity index (χ3n) is 6.29. The highest BCUT2D eigenvalue weighted by atomic mass is 28.4. The highest BCUT2D eigenvalue weighted by Crippen LogP contribution is 2.23. The number of hydrogen-bond acceptors (Lipinski definition) is 11. The van der Waals surface area contributed by atoms with E-state index in [4.69, 9.17) is 44.6 Å². The molecule has 1 rings (SSSR count). The van der Waals surface area contributed by atoms with Crippen molar-refractivity contribution in [2.45, 2.75) is 43.5 Å². The van der Waals surface area contributed by atoms with Crippen molar-refractivity contribution >= 4 is 26.4 Å². The van der Waals surface area contributed by atoms with E-state index in [2.05, 4.69) is 4.90 Å². The SMILES string of the molecule is CO[Si](CCCN(CCC[Si](OC)(OC)OC)CC1COCCC[Si](OC)(OC)O1)(OC)OC. The zero-order valence-corrected chi connectivity index (χ0v) is 25.4. The van der Waals surface area contributed by atoms with Crippen molar-refractivity contribution in [2.75, 3.05) is 89.7 Å². The van der Waals surface area contributed by atoms with E-state index in [0.29, 0.717) is 19.8 Å². The van der Waals surface area contributed by atoms with Crippen molar-refractivity contribution in [3.05, 3.63) is 0 Å². The molecule has 0 aromatic carbocycles. The van der Waals surface area contributed by atoms with Crippen molar-refractivity contribution < 1.29 is 44.6 Å². The van der Waals surface area contributed by atoms with Crippen LogP contribution in [0.25, 0.3) is 0 Å². The zero-order chi connectivity index (χ0) is 25.5. The van der Waals surface area contributed by atoms with Gasteiger partial charge in [-0.2, -0.15) is 0 Å². The topological polar surface area (TPSA) is 95.5 Å². The number of nitrogens with zero attached hydrogens (tertiary/aromatic N) is 1. The first kappa shape index (κ1) is 32.2. The molecule has 1 atom stereocenters. The van der Waals surface area contributed by atoms with Gasteiger partial charge in [-0.3, -0.25) is 0 Å². The van der Waals surface area contributed by atoms with Crippen LogP contribution in [0.15, 0.2) is 0 Å². The Kier molecular flexibility index (Phi) is 16.0. The molecule has 1 aliphatic heterocycles. The van der Waals surface area contributed by atoms with Crippen molar-refractivity contribution in [1.29, 1.82) is 0 Å². The summed E-state index contributed by atoms with van der Waals surface area (Å²) in [5, 5.41) is 0. The molecule has 0 N–H and O–H groups in total. The van der Waals surface area contributed by atoms with Crippen LogP contribution in [0.4, 0.5) is 0 Å². The van der Waals surface area contributed by atoms with E-state index < -0.39 is 26.4 Å². The highest BCUT2D eigenvalue weighted by Gasteiger charge is 2.43. The summed E-state index contributed by atoms with van der Waals surface area (Å²) < 4.78 is 57.3. The normalized spacial score (nSPS) is 19.9. The lowest BCUT2D eigenvalue weighted by Crippen LogP contribution is -2.52. The first-order chi connectivity index (χ1) is 16.3. The van der Waals surface area contributed by atoms with Gasteiger partial charge in [0, 0.05) is 88.2 Å². The molecule has 0 aromatic heterocycles. The van der Waals surface area contributed by atoms with Gasteiger partial charge in [0.2, 0.25) is 0 Å². The van der Waals surface area contributed by atoms with Crippen LogP contribution < -0.4 is 0 Å². The number of ether oxygens (including phenoxy) is 1. The van der Waals surface area contributed by atoms with Gasteiger partial charge in [0.1, 0.15) is 0 Å². The van der Waals surface area contributed by atoms with E-state index in [1.165, 1.54) is 0 Å². The van der Waals surface area contributed by atoms with E-state index in [0.717, 1.165) is 50.5 Å². The molecule has 0 radical (unpaired) electrons. The molecule has 0 aromatic rings. The molecule has 1 fully saturated rings. The third kappa shape index (κ3) is 9.93. The molecule has 14 heteroatoms. The second-order valence-electron chi connectivity index (χ2n) is 8.11. The van der Waals surface area contributed by atoms with Gasteiger partial charge in [-0.1, -0.05) is 0 Å². The molecular weight excluding hydrogens is 498 g/mol. The Balaban J connectivity index is 2.87. The fourth-order valence-corrected chi connectivity index (χ4v) is 9.68. The van der Waals surface area contributed by atoms with Crippen LogP contribution in [0.2, 0.25) is 18.1 Å². The largest absolute Gasteiger partial charge is 0.500 e. The van der Waals surface area contributed by atoms with Gasteiger partial charge in [0.05, 0.1) is 12.7 Å². The van der Waals surface area contributed by atoms with Crippen LogP contribution >= 0.6 is 0 Å². The molecule has 34 heavy (non-hydrogen) atoms. The molecule has 0 aliphatic carbocycles. The lowest BCUT2D eigenvalue weighted by molar-refractivity contribution is -0.0276. The first-order valence-corrected chi connectivity index (χ1v) is 17.5. The van der Waals surface area contributed by atoms with E-state index >= 15 is 0 Å². The van der Waals surface area contributed by atoms with Crippen molar-refractivity contribution in [3.8, 4) is 0 Å². The predicted octanol–water partition coefficient (Wildman–Crippen LogP) is 1.86. The van der Waals surface area contributed by atoms with Crippen LogP contribution in [0.5, 0.6) is 0 Å². The number of rotatable bonds is 18. The first-order valence-electron chi connectivity index (χ1n) is 11.7. The maximum Gasteiger partial charge on any atom is 0.500 e. The van der Waals surface area contributed by atoms with Gasteiger partial charge in [-0.05, 0) is 32.4 Å². The Morgan fingerprint density at radius 2 is 1.24 bits per heavy atom.